The molecular weight excluding hydrogens is 254 g/mol. The minimum atomic E-state index is -1.12. The van der Waals surface area contributed by atoms with E-state index in [0.717, 1.165) is 12.1 Å². The number of ketones is 1. The van der Waals surface area contributed by atoms with Crippen molar-refractivity contribution in [3.05, 3.63) is 29.3 Å². The van der Waals surface area contributed by atoms with E-state index in [1.54, 1.807) is 7.05 Å². The molecule has 1 unspecified atom stereocenters. The third-order valence-electron chi connectivity index (χ3n) is 3.06. The highest BCUT2D eigenvalue weighted by Gasteiger charge is 2.37. The highest BCUT2D eigenvalue weighted by Crippen LogP contribution is 2.31. The molecule has 0 fully saturated rings. The van der Waals surface area contributed by atoms with Gasteiger partial charge in [-0.3, -0.25) is 9.59 Å². The van der Waals surface area contributed by atoms with Crippen molar-refractivity contribution in [2.24, 2.45) is 5.92 Å². The average Bonchev–Trinajstić information content (AvgIpc) is 2.56. The highest BCUT2D eigenvalue weighted by molar-refractivity contribution is 6.52. The summed E-state index contributed by atoms with van der Waals surface area (Å²) in [4.78, 5) is 24.8. The molecule has 102 valence electrons. The number of amides is 1. The lowest BCUT2D eigenvalue weighted by atomic mass is 10.1. The number of halogens is 2. The molecule has 1 N–H and O–H groups in total. The highest BCUT2D eigenvalue weighted by atomic mass is 19.2. The van der Waals surface area contributed by atoms with Crippen LogP contribution in [-0.4, -0.2) is 31.8 Å². The van der Waals surface area contributed by atoms with Crippen molar-refractivity contribution in [2.45, 2.75) is 6.92 Å². The smallest absolute Gasteiger partial charge is 0.299 e. The summed E-state index contributed by atoms with van der Waals surface area (Å²) in [5, 5.41) is 2.95. The van der Waals surface area contributed by atoms with Gasteiger partial charge in [-0.05, 0) is 25.6 Å². The first-order valence-corrected chi connectivity index (χ1v) is 5.95. The Hall–Kier alpha value is -1.82. The van der Waals surface area contributed by atoms with Gasteiger partial charge in [0.05, 0.1) is 11.3 Å². The van der Waals surface area contributed by atoms with E-state index in [4.69, 9.17) is 0 Å². The molecule has 1 aliphatic rings. The van der Waals surface area contributed by atoms with E-state index in [9.17, 15) is 18.4 Å². The zero-order valence-electron chi connectivity index (χ0n) is 10.7. The molecular formula is C13H14F2N2O2. The van der Waals surface area contributed by atoms with Crippen LogP contribution in [0.4, 0.5) is 14.5 Å². The van der Waals surface area contributed by atoms with Gasteiger partial charge < -0.3 is 10.2 Å². The van der Waals surface area contributed by atoms with Gasteiger partial charge in [-0.2, -0.15) is 0 Å². The summed E-state index contributed by atoms with van der Waals surface area (Å²) in [5.41, 5.74) is 0.0809. The molecule has 0 aromatic heterocycles. The van der Waals surface area contributed by atoms with Crippen molar-refractivity contribution in [3.8, 4) is 0 Å². The van der Waals surface area contributed by atoms with Crippen LogP contribution < -0.4 is 10.2 Å². The van der Waals surface area contributed by atoms with Crippen LogP contribution in [0, 0.1) is 17.6 Å². The summed E-state index contributed by atoms with van der Waals surface area (Å²) in [6.07, 6.45) is 0. The third kappa shape index (κ3) is 2.35. The number of Topliss-reactive ketones (excluding diaryl/α,β-unsaturated/α-hetero) is 1. The van der Waals surface area contributed by atoms with Crippen LogP contribution >= 0.6 is 0 Å². The number of nitrogens with zero attached hydrogens (tertiary/aromatic N) is 1. The zero-order valence-corrected chi connectivity index (χ0v) is 10.7. The van der Waals surface area contributed by atoms with Gasteiger partial charge in [-0.25, -0.2) is 8.78 Å². The van der Waals surface area contributed by atoms with Gasteiger partial charge in [0.2, 0.25) is 0 Å². The Labute approximate surface area is 109 Å². The first-order valence-electron chi connectivity index (χ1n) is 5.95. The third-order valence-corrected chi connectivity index (χ3v) is 3.06. The predicted molar refractivity (Wildman–Crippen MR) is 66.1 cm³/mol. The van der Waals surface area contributed by atoms with Gasteiger partial charge in [-0.15, -0.1) is 0 Å². The molecule has 0 saturated heterocycles. The summed E-state index contributed by atoms with van der Waals surface area (Å²) >= 11 is 0. The van der Waals surface area contributed by atoms with Crippen LogP contribution in [-0.2, 0) is 4.79 Å². The van der Waals surface area contributed by atoms with Crippen LogP contribution in [0.15, 0.2) is 12.1 Å². The molecule has 1 aromatic rings. The minimum Gasteiger partial charge on any atom is -0.319 e. The Morgan fingerprint density at radius 2 is 1.89 bits per heavy atom. The summed E-state index contributed by atoms with van der Waals surface area (Å²) in [6.45, 7) is 2.83. The van der Waals surface area contributed by atoms with E-state index < -0.39 is 23.3 Å². The Kier molecular flexibility index (Phi) is 3.61. The minimum absolute atomic E-state index is 0.0689. The number of anilines is 1. The van der Waals surface area contributed by atoms with Gasteiger partial charge in [0.15, 0.2) is 11.6 Å². The van der Waals surface area contributed by atoms with E-state index in [2.05, 4.69) is 5.32 Å². The van der Waals surface area contributed by atoms with Crippen molar-refractivity contribution in [2.75, 3.05) is 25.0 Å². The number of rotatable bonds is 4. The molecule has 1 aromatic carbocycles. The number of carbonyl (C=O) groups excluding carboxylic acids is 2. The summed E-state index contributed by atoms with van der Waals surface area (Å²) < 4.78 is 26.4. The second kappa shape index (κ2) is 5.05. The van der Waals surface area contributed by atoms with Gasteiger partial charge in [0, 0.05) is 12.6 Å². The maximum Gasteiger partial charge on any atom is 0.299 e. The van der Waals surface area contributed by atoms with E-state index in [-0.39, 0.29) is 23.7 Å². The largest absolute Gasteiger partial charge is 0.319 e. The van der Waals surface area contributed by atoms with Crippen LogP contribution in [0.2, 0.25) is 0 Å². The Bertz CT molecular complexity index is 546. The monoisotopic (exact) mass is 268 g/mol. The first-order chi connectivity index (χ1) is 8.95. The molecule has 0 radical (unpaired) electrons. The van der Waals surface area contributed by atoms with Crippen LogP contribution in [0.25, 0.3) is 0 Å². The molecule has 6 heteroatoms. The number of nitrogens with one attached hydrogen (secondary N) is 1. The number of hydrogen-bond donors (Lipinski definition) is 1. The molecule has 0 spiro atoms. The quantitative estimate of drug-likeness (QED) is 0.839. The summed E-state index contributed by atoms with van der Waals surface area (Å²) in [5.74, 6) is -3.62. The van der Waals surface area contributed by atoms with Crippen LogP contribution in [0.1, 0.15) is 17.3 Å². The fourth-order valence-corrected chi connectivity index (χ4v) is 2.19. The lowest BCUT2D eigenvalue weighted by Gasteiger charge is -2.21. The topological polar surface area (TPSA) is 49.4 Å². The summed E-state index contributed by atoms with van der Waals surface area (Å²) in [6, 6.07) is 1.69. The molecule has 2 rings (SSSR count). The average molecular weight is 268 g/mol. The van der Waals surface area contributed by atoms with Crippen molar-refractivity contribution >= 4 is 17.4 Å². The lowest BCUT2D eigenvalue weighted by Crippen LogP contribution is -2.36. The van der Waals surface area contributed by atoms with E-state index >= 15 is 0 Å². The van der Waals surface area contributed by atoms with Crippen molar-refractivity contribution < 1.29 is 18.4 Å². The van der Waals surface area contributed by atoms with Crippen molar-refractivity contribution in [3.63, 3.8) is 0 Å². The molecule has 4 nitrogen and oxygen atoms in total. The summed E-state index contributed by atoms with van der Waals surface area (Å²) in [7, 11) is 1.77. The normalized spacial score (nSPS) is 15.9. The first kappa shape index (κ1) is 13.6. The maximum absolute atomic E-state index is 13.3. The maximum atomic E-state index is 13.3. The SMILES string of the molecule is CNCC(C)CN1C(=O)C(=O)c2cc(F)c(F)cc21. The van der Waals surface area contributed by atoms with Gasteiger partial charge in [-0.1, -0.05) is 6.92 Å². The van der Waals surface area contributed by atoms with Gasteiger partial charge in [0.25, 0.3) is 11.7 Å². The predicted octanol–water partition coefficient (Wildman–Crippen LogP) is 1.35. The second-order valence-electron chi connectivity index (χ2n) is 4.69. The van der Waals surface area contributed by atoms with E-state index in [0.29, 0.717) is 6.54 Å². The Balaban J connectivity index is 2.36. The number of carbonyl (C=O) groups is 2. The standard InChI is InChI=1S/C13H14F2N2O2/c1-7(5-16-2)6-17-11-4-10(15)9(14)3-8(11)12(18)13(17)19/h3-4,7,16H,5-6H2,1-2H3. The Morgan fingerprint density at radius 3 is 2.53 bits per heavy atom. The molecule has 1 aliphatic heterocycles. The van der Waals surface area contributed by atoms with Gasteiger partial charge in [0.1, 0.15) is 0 Å². The second-order valence-corrected chi connectivity index (χ2v) is 4.69. The van der Waals surface area contributed by atoms with Crippen LogP contribution in [0.3, 0.4) is 0 Å². The molecule has 1 heterocycles. The fourth-order valence-electron chi connectivity index (χ4n) is 2.19. The van der Waals surface area contributed by atoms with E-state index in [1.165, 1.54) is 4.90 Å². The number of fused-ring (bicyclic) bond motifs is 1. The number of benzene rings is 1. The molecule has 0 bridgehead atoms. The molecule has 1 atom stereocenters. The lowest BCUT2D eigenvalue weighted by molar-refractivity contribution is -0.114. The molecule has 1 amide bonds. The molecule has 19 heavy (non-hydrogen) atoms. The van der Waals surface area contributed by atoms with Crippen molar-refractivity contribution in [1.29, 1.82) is 0 Å². The molecule has 0 aliphatic carbocycles. The van der Waals surface area contributed by atoms with Crippen LogP contribution in [0.5, 0.6) is 0 Å². The molecule has 0 saturated carbocycles. The van der Waals surface area contributed by atoms with E-state index in [1.807, 2.05) is 6.92 Å². The fraction of sp³-hybridized carbons (Fsp3) is 0.385. The van der Waals surface area contributed by atoms with Crippen molar-refractivity contribution in [1.82, 2.24) is 5.32 Å². The Morgan fingerprint density at radius 1 is 1.26 bits per heavy atom. The zero-order chi connectivity index (χ0) is 14.2. The number of hydrogen-bond acceptors (Lipinski definition) is 3. The van der Waals surface area contributed by atoms with Gasteiger partial charge >= 0.3 is 0 Å².